The molecule has 0 aliphatic carbocycles. The van der Waals surface area contributed by atoms with Crippen molar-refractivity contribution in [2.75, 3.05) is 6.54 Å². The van der Waals surface area contributed by atoms with Crippen molar-refractivity contribution in [2.24, 2.45) is 0 Å². The van der Waals surface area contributed by atoms with Crippen LogP contribution < -0.4 is 5.56 Å². The molecule has 2 aromatic carbocycles. The van der Waals surface area contributed by atoms with Gasteiger partial charge in [-0.1, -0.05) is 41.4 Å². The fourth-order valence-corrected chi connectivity index (χ4v) is 3.54. The van der Waals surface area contributed by atoms with Gasteiger partial charge in [-0.2, -0.15) is 0 Å². The number of hydrogen-bond donors (Lipinski definition) is 1. The Morgan fingerprint density at radius 1 is 1.08 bits per heavy atom. The number of carbonyl (C=O) groups is 1. The van der Waals surface area contributed by atoms with Gasteiger partial charge < -0.3 is 4.90 Å². The minimum Gasteiger partial charge on any atom is -0.334 e. The number of nitrogens with one attached hydrogen (secondary N) is 1. The van der Waals surface area contributed by atoms with Gasteiger partial charge in [-0.25, -0.2) is 4.68 Å². The van der Waals surface area contributed by atoms with E-state index in [1.54, 1.807) is 23.1 Å². The SMILES string of the molecule is O=C(c1cc(Cl)ccc1Cl)N1CCc2[nH]n(-c3ccccc3)c(=O)c2C1. The fourth-order valence-electron chi connectivity index (χ4n) is 3.17. The molecule has 0 bridgehead atoms. The van der Waals surface area contributed by atoms with Gasteiger partial charge in [0, 0.05) is 23.7 Å². The third kappa shape index (κ3) is 2.93. The van der Waals surface area contributed by atoms with Gasteiger partial charge in [-0.15, -0.1) is 0 Å². The van der Waals surface area contributed by atoms with Crippen molar-refractivity contribution in [1.29, 1.82) is 0 Å². The molecular weight excluding hydrogens is 373 g/mol. The van der Waals surface area contributed by atoms with E-state index in [0.717, 1.165) is 11.4 Å². The summed E-state index contributed by atoms with van der Waals surface area (Å²) in [5.74, 6) is -0.227. The average Bonchev–Trinajstić information content (AvgIpc) is 3.00. The second kappa shape index (κ2) is 6.67. The Morgan fingerprint density at radius 2 is 1.85 bits per heavy atom. The summed E-state index contributed by atoms with van der Waals surface area (Å²) in [5, 5.41) is 3.95. The lowest BCUT2D eigenvalue weighted by Crippen LogP contribution is -2.37. The highest BCUT2D eigenvalue weighted by Crippen LogP contribution is 2.24. The number of H-pyrrole nitrogens is 1. The molecule has 1 aliphatic heterocycles. The maximum Gasteiger partial charge on any atom is 0.276 e. The molecule has 0 saturated carbocycles. The normalized spacial score (nSPS) is 13.5. The van der Waals surface area contributed by atoms with Crippen LogP contribution in [-0.2, 0) is 13.0 Å². The molecule has 2 heterocycles. The lowest BCUT2D eigenvalue weighted by molar-refractivity contribution is 0.0734. The number of carbonyl (C=O) groups excluding carboxylic acids is 1. The monoisotopic (exact) mass is 387 g/mol. The van der Waals surface area contributed by atoms with Crippen LogP contribution >= 0.6 is 23.2 Å². The standard InChI is InChI=1S/C19H15Cl2N3O2/c20-12-6-7-16(21)14(10-12)18(25)23-9-8-17-15(11-23)19(26)24(22-17)13-4-2-1-3-5-13/h1-7,10,22H,8-9,11H2. The van der Waals surface area contributed by atoms with Gasteiger partial charge in [0.05, 0.1) is 28.4 Å². The third-order valence-electron chi connectivity index (χ3n) is 4.51. The first-order valence-corrected chi connectivity index (χ1v) is 8.92. The molecule has 0 atom stereocenters. The summed E-state index contributed by atoms with van der Waals surface area (Å²) >= 11 is 12.1. The third-order valence-corrected chi connectivity index (χ3v) is 5.08. The highest BCUT2D eigenvalue weighted by atomic mass is 35.5. The van der Waals surface area contributed by atoms with Crippen molar-refractivity contribution in [3.8, 4) is 5.69 Å². The molecule has 4 rings (SSSR count). The minimum absolute atomic E-state index is 0.138. The molecule has 1 amide bonds. The molecule has 7 heteroatoms. The zero-order valence-corrected chi connectivity index (χ0v) is 15.2. The molecule has 1 aliphatic rings. The van der Waals surface area contributed by atoms with E-state index in [9.17, 15) is 9.59 Å². The summed E-state index contributed by atoms with van der Waals surface area (Å²) < 4.78 is 1.52. The van der Waals surface area contributed by atoms with E-state index in [2.05, 4.69) is 5.10 Å². The van der Waals surface area contributed by atoms with Crippen LogP contribution in [0.1, 0.15) is 21.6 Å². The van der Waals surface area contributed by atoms with E-state index < -0.39 is 0 Å². The number of rotatable bonds is 2. The zero-order chi connectivity index (χ0) is 18.3. The molecule has 132 valence electrons. The number of aromatic nitrogens is 2. The summed E-state index contributed by atoms with van der Waals surface area (Å²) in [6.45, 7) is 0.746. The summed E-state index contributed by atoms with van der Waals surface area (Å²) in [7, 11) is 0. The summed E-state index contributed by atoms with van der Waals surface area (Å²) in [4.78, 5) is 27.3. The van der Waals surface area contributed by atoms with Crippen LogP contribution in [0.25, 0.3) is 5.69 Å². The van der Waals surface area contributed by atoms with Gasteiger partial charge >= 0.3 is 0 Å². The molecule has 0 unspecified atom stereocenters. The van der Waals surface area contributed by atoms with E-state index in [4.69, 9.17) is 23.2 Å². The Balaban J connectivity index is 1.66. The predicted molar refractivity (Wildman–Crippen MR) is 101 cm³/mol. The van der Waals surface area contributed by atoms with E-state index in [0.29, 0.717) is 34.1 Å². The second-order valence-corrected chi connectivity index (χ2v) is 6.99. The Hall–Kier alpha value is -2.50. The second-order valence-electron chi connectivity index (χ2n) is 6.15. The number of halogens is 2. The first kappa shape index (κ1) is 16.9. The largest absolute Gasteiger partial charge is 0.334 e. The first-order chi connectivity index (χ1) is 12.5. The molecule has 0 fully saturated rings. The Morgan fingerprint density at radius 3 is 2.62 bits per heavy atom. The van der Waals surface area contributed by atoms with Crippen LogP contribution in [0.4, 0.5) is 0 Å². The van der Waals surface area contributed by atoms with Crippen LogP contribution in [-0.4, -0.2) is 27.1 Å². The molecular formula is C19H15Cl2N3O2. The smallest absolute Gasteiger partial charge is 0.276 e. The quantitative estimate of drug-likeness (QED) is 0.728. The molecule has 5 nitrogen and oxygen atoms in total. The van der Waals surface area contributed by atoms with Crippen molar-refractivity contribution in [2.45, 2.75) is 13.0 Å². The molecule has 0 saturated heterocycles. The first-order valence-electron chi connectivity index (χ1n) is 8.17. The summed E-state index contributed by atoms with van der Waals surface area (Å²) in [5.41, 5.74) is 2.44. The van der Waals surface area contributed by atoms with Crippen molar-refractivity contribution < 1.29 is 4.79 Å². The molecule has 1 N–H and O–H groups in total. The van der Waals surface area contributed by atoms with Gasteiger partial charge in [-0.05, 0) is 30.3 Å². The van der Waals surface area contributed by atoms with E-state index in [1.165, 1.54) is 4.68 Å². The molecule has 26 heavy (non-hydrogen) atoms. The van der Waals surface area contributed by atoms with Crippen LogP contribution in [0, 0.1) is 0 Å². The van der Waals surface area contributed by atoms with Crippen molar-refractivity contribution in [1.82, 2.24) is 14.7 Å². The molecule has 0 spiro atoms. The predicted octanol–water partition coefficient (Wildman–Crippen LogP) is 3.67. The Labute approximate surface area is 159 Å². The van der Waals surface area contributed by atoms with E-state index >= 15 is 0 Å². The maximum absolute atomic E-state index is 12.8. The fraction of sp³-hybridized carbons (Fsp3) is 0.158. The highest BCUT2D eigenvalue weighted by molar-refractivity contribution is 6.35. The van der Waals surface area contributed by atoms with Gasteiger partial charge in [0.15, 0.2) is 0 Å². The van der Waals surface area contributed by atoms with E-state index in [1.807, 2.05) is 30.3 Å². The van der Waals surface area contributed by atoms with Gasteiger partial charge in [0.25, 0.3) is 11.5 Å². The van der Waals surface area contributed by atoms with Crippen LogP contribution in [0.5, 0.6) is 0 Å². The lowest BCUT2D eigenvalue weighted by Gasteiger charge is -2.26. The number of nitrogens with zero attached hydrogens (tertiary/aromatic N) is 2. The average molecular weight is 388 g/mol. The molecule has 1 aromatic heterocycles. The number of benzene rings is 2. The summed E-state index contributed by atoms with van der Waals surface area (Å²) in [6, 6.07) is 14.2. The van der Waals surface area contributed by atoms with Crippen LogP contribution in [0.15, 0.2) is 53.3 Å². The topological polar surface area (TPSA) is 58.1 Å². The van der Waals surface area contributed by atoms with Gasteiger partial charge in [-0.3, -0.25) is 14.7 Å². The highest BCUT2D eigenvalue weighted by Gasteiger charge is 2.27. The lowest BCUT2D eigenvalue weighted by atomic mass is 10.1. The van der Waals surface area contributed by atoms with Crippen LogP contribution in [0.2, 0.25) is 10.0 Å². The number of amides is 1. The van der Waals surface area contributed by atoms with Gasteiger partial charge in [0.1, 0.15) is 0 Å². The van der Waals surface area contributed by atoms with Crippen LogP contribution in [0.3, 0.4) is 0 Å². The number of aromatic amines is 1. The molecule has 3 aromatic rings. The van der Waals surface area contributed by atoms with E-state index in [-0.39, 0.29) is 18.0 Å². The van der Waals surface area contributed by atoms with Crippen molar-refractivity contribution >= 4 is 29.1 Å². The van der Waals surface area contributed by atoms with Crippen molar-refractivity contribution in [3.05, 3.63) is 85.8 Å². The minimum atomic E-state index is -0.227. The van der Waals surface area contributed by atoms with Crippen molar-refractivity contribution in [3.63, 3.8) is 0 Å². The zero-order valence-electron chi connectivity index (χ0n) is 13.7. The number of fused-ring (bicyclic) bond motifs is 1. The molecule has 0 radical (unpaired) electrons. The number of hydrogen-bond acceptors (Lipinski definition) is 2. The maximum atomic E-state index is 12.8. The Bertz CT molecular complexity index is 1040. The summed E-state index contributed by atoms with van der Waals surface area (Å²) in [6.07, 6.45) is 0.578. The number of para-hydroxylation sites is 1. The van der Waals surface area contributed by atoms with Gasteiger partial charge in [0.2, 0.25) is 0 Å². The Kier molecular flexibility index (Phi) is 4.34.